The monoisotopic (exact) mass is 205 g/mol. The smallest absolute Gasteiger partial charge is 0.185 e. The van der Waals surface area contributed by atoms with Crippen molar-refractivity contribution < 1.29 is 0 Å². The van der Waals surface area contributed by atoms with E-state index in [2.05, 4.69) is 10.6 Å². The summed E-state index contributed by atoms with van der Waals surface area (Å²) in [4.78, 5) is 0. The molecule has 0 spiro atoms. The summed E-state index contributed by atoms with van der Waals surface area (Å²) in [5.74, 6) is -0.0236. The lowest BCUT2D eigenvalue weighted by Gasteiger charge is -2.05. The van der Waals surface area contributed by atoms with Gasteiger partial charge in [0.25, 0.3) is 0 Å². The van der Waals surface area contributed by atoms with Crippen LogP contribution in [0.2, 0.25) is 0 Å². The van der Waals surface area contributed by atoms with Crippen LogP contribution in [0.1, 0.15) is 11.1 Å². The standard InChI is InChI=1S/C10H15N5/c11-7-14-5-8-1-3-9(4-2-8)6-15-10(12)13/h1-4,7H,5-6H2,(H2,11,14)(H4,12,13,15). The van der Waals surface area contributed by atoms with Crippen molar-refractivity contribution >= 4 is 12.3 Å². The summed E-state index contributed by atoms with van der Waals surface area (Å²) in [6.07, 6.45) is 1.17. The highest BCUT2D eigenvalue weighted by Crippen LogP contribution is 2.03. The molecule has 0 saturated carbocycles. The Labute approximate surface area is 88.7 Å². The van der Waals surface area contributed by atoms with Gasteiger partial charge in [0.05, 0.1) is 6.34 Å². The van der Waals surface area contributed by atoms with Crippen molar-refractivity contribution in [3.05, 3.63) is 35.4 Å². The van der Waals surface area contributed by atoms with Gasteiger partial charge in [-0.25, -0.2) is 0 Å². The van der Waals surface area contributed by atoms with Crippen LogP contribution in [0, 0.1) is 10.8 Å². The molecule has 1 rings (SSSR count). The molecule has 0 aliphatic rings. The Hall–Kier alpha value is -2.04. The molecular weight excluding hydrogens is 190 g/mol. The molecule has 0 unspecified atom stereocenters. The van der Waals surface area contributed by atoms with Crippen molar-refractivity contribution in [3.63, 3.8) is 0 Å². The molecule has 0 amide bonds. The average molecular weight is 205 g/mol. The summed E-state index contributed by atoms with van der Waals surface area (Å²) < 4.78 is 0. The molecule has 1 aromatic rings. The lowest BCUT2D eigenvalue weighted by molar-refractivity contribution is 0.888. The number of nitrogens with one attached hydrogen (secondary N) is 4. The minimum atomic E-state index is -0.0236. The fraction of sp³-hybridized carbons (Fsp3) is 0.200. The summed E-state index contributed by atoms with van der Waals surface area (Å²) in [5.41, 5.74) is 7.36. The van der Waals surface area contributed by atoms with Gasteiger partial charge in [0.1, 0.15) is 0 Å². The van der Waals surface area contributed by atoms with E-state index in [1.165, 1.54) is 6.34 Å². The first-order valence-corrected chi connectivity index (χ1v) is 4.60. The van der Waals surface area contributed by atoms with Crippen molar-refractivity contribution in [3.8, 4) is 0 Å². The molecule has 0 radical (unpaired) electrons. The zero-order valence-corrected chi connectivity index (χ0v) is 8.38. The first-order chi connectivity index (χ1) is 7.22. The molecule has 80 valence electrons. The topological polar surface area (TPSA) is 97.8 Å². The fourth-order valence-corrected chi connectivity index (χ4v) is 1.14. The first kappa shape index (κ1) is 11.0. The summed E-state index contributed by atoms with van der Waals surface area (Å²) in [6.45, 7) is 1.22. The van der Waals surface area contributed by atoms with Crippen LogP contribution in [-0.4, -0.2) is 12.3 Å². The summed E-state index contributed by atoms with van der Waals surface area (Å²) in [5, 5.41) is 19.4. The zero-order chi connectivity index (χ0) is 11.1. The van der Waals surface area contributed by atoms with Crippen molar-refractivity contribution in [2.24, 2.45) is 5.73 Å². The van der Waals surface area contributed by atoms with Gasteiger partial charge in [-0.15, -0.1) is 0 Å². The van der Waals surface area contributed by atoms with Gasteiger partial charge in [0, 0.05) is 13.1 Å². The normalized spacial score (nSPS) is 9.33. The minimum absolute atomic E-state index is 0.0236. The second kappa shape index (κ2) is 5.64. The van der Waals surface area contributed by atoms with E-state index in [0.717, 1.165) is 11.1 Å². The van der Waals surface area contributed by atoms with E-state index in [4.69, 9.17) is 16.6 Å². The molecule has 0 bridgehead atoms. The van der Waals surface area contributed by atoms with Crippen molar-refractivity contribution in [1.82, 2.24) is 10.6 Å². The average Bonchev–Trinajstić information content (AvgIpc) is 2.25. The quantitative estimate of drug-likeness (QED) is 0.355. The van der Waals surface area contributed by atoms with Crippen LogP contribution in [0.15, 0.2) is 24.3 Å². The van der Waals surface area contributed by atoms with Crippen LogP contribution in [-0.2, 0) is 13.1 Å². The number of nitrogens with two attached hydrogens (primary N) is 1. The van der Waals surface area contributed by atoms with Crippen LogP contribution in [0.4, 0.5) is 0 Å². The number of hydrogen-bond acceptors (Lipinski definition) is 2. The van der Waals surface area contributed by atoms with E-state index in [1.54, 1.807) is 0 Å². The third-order valence-electron chi connectivity index (χ3n) is 1.91. The third-order valence-corrected chi connectivity index (χ3v) is 1.91. The van der Waals surface area contributed by atoms with Gasteiger partial charge >= 0.3 is 0 Å². The maximum Gasteiger partial charge on any atom is 0.185 e. The number of guanidine groups is 1. The third kappa shape index (κ3) is 4.12. The molecule has 0 atom stereocenters. The van der Waals surface area contributed by atoms with Crippen LogP contribution < -0.4 is 16.4 Å². The Morgan fingerprint density at radius 3 is 2.20 bits per heavy atom. The molecule has 5 nitrogen and oxygen atoms in total. The predicted molar refractivity (Wildman–Crippen MR) is 60.8 cm³/mol. The summed E-state index contributed by atoms with van der Waals surface area (Å²) in [6, 6.07) is 7.90. The molecular formula is C10H15N5. The van der Waals surface area contributed by atoms with Gasteiger partial charge in [-0.2, -0.15) is 0 Å². The maximum absolute atomic E-state index is 7.01. The molecule has 0 saturated heterocycles. The van der Waals surface area contributed by atoms with Crippen LogP contribution in [0.5, 0.6) is 0 Å². The van der Waals surface area contributed by atoms with E-state index >= 15 is 0 Å². The summed E-state index contributed by atoms with van der Waals surface area (Å²) in [7, 11) is 0. The molecule has 6 N–H and O–H groups in total. The Morgan fingerprint density at radius 1 is 1.20 bits per heavy atom. The predicted octanol–water partition coefficient (Wildman–Crippen LogP) is 0.366. The maximum atomic E-state index is 7.01. The molecule has 0 heterocycles. The van der Waals surface area contributed by atoms with Gasteiger partial charge in [0.2, 0.25) is 0 Å². The largest absolute Gasteiger partial charge is 0.373 e. The van der Waals surface area contributed by atoms with E-state index in [1.807, 2.05) is 24.3 Å². The second-order valence-corrected chi connectivity index (χ2v) is 3.11. The Balaban J connectivity index is 2.48. The molecule has 5 heteroatoms. The number of hydrogen-bond donors (Lipinski definition) is 5. The second-order valence-electron chi connectivity index (χ2n) is 3.11. The van der Waals surface area contributed by atoms with Gasteiger partial charge in [0.15, 0.2) is 5.96 Å². The Kier molecular flexibility index (Phi) is 4.15. The Bertz CT molecular complexity index is 330. The lowest BCUT2D eigenvalue weighted by Crippen LogP contribution is -2.29. The molecule has 0 aromatic heterocycles. The lowest BCUT2D eigenvalue weighted by atomic mass is 10.1. The van der Waals surface area contributed by atoms with Crippen molar-refractivity contribution in [1.29, 1.82) is 10.8 Å². The Morgan fingerprint density at radius 2 is 1.73 bits per heavy atom. The highest BCUT2D eigenvalue weighted by atomic mass is 15.0. The van der Waals surface area contributed by atoms with Gasteiger partial charge < -0.3 is 16.4 Å². The number of benzene rings is 1. The van der Waals surface area contributed by atoms with Crippen LogP contribution in [0.3, 0.4) is 0 Å². The van der Waals surface area contributed by atoms with E-state index in [-0.39, 0.29) is 5.96 Å². The molecule has 0 aliphatic heterocycles. The van der Waals surface area contributed by atoms with Gasteiger partial charge in [-0.1, -0.05) is 24.3 Å². The van der Waals surface area contributed by atoms with Crippen molar-refractivity contribution in [2.75, 3.05) is 0 Å². The van der Waals surface area contributed by atoms with Crippen LogP contribution in [0.25, 0.3) is 0 Å². The minimum Gasteiger partial charge on any atom is -0.373 e. The van der Waals surface area contributed by atoms with Gasteiger partial charge in [-0.05, 0) is 11.1 Å². The zero-order valence-electron chi connectivity index (χ0n) is 8.38. The summed E-state index contributed by atoms with van der Waals surface area (Å²) >= 11 is 0. The fourth-order valence-electron chi connectivity index (χ4n) is 1.14. The van der Waals surface area contributed by atoms with E-state index in [9.17, 15) is 0 Å². The molecule has 15 heavy (non-hydrogen) atoms. The molecule has 0 aliphatic carbocycles. The first-order valence-electron chi connectivity index (χ1n) is 4.60. The molecule has 0 fully saturated rings. The van der Waals surface area contributed by atoms with E-state index in [0.29, 0.717) is 13.1 Å². The molecule has 1 aromatic carbocycles. The SMILES string of the molecule is N=CNCc1ccc(CNC(=N)N)cc1. The van der Waals surface area contributed by atoms with E-state index < -0.39 is 0 Å². The highest BCUT2D eigenvalue weighted by Gasteiger charge is 1.94. The highest BCUT2D eigenvalue weighted by molar-refractivity contribution is 5.74. The van der Waals surface area contributed by atoms with Gasteiger partial charge in [-0.3, -0.25) is 10.8 Å². The van der Waals surface area contributed by atoms with Crippen LogP contribution >= 0.6 is 0 Å². The number of rotatable bonds is 5. The van der Waals surface area contributed by atoms with Crippen molar-refractivity contribution in [2.45, 2.75) is 13.1 Å².